The highest BCUT2D eigenvalue weighted by Crippen LogP contribution is 2.08. The third-order valence-corrected chi connectivity index (χ3v) is 4.42. The van der Waals surface area contributed by atoms with Crippen LogP contribution in [0.25, 0.3) is 0 Å². The molecule has 2 aromatic rings. The number of quaternary nitrogens is 1. The van der Waals surface area contributed by atoms with Crippen LogP contribution in [0, 0.1) is 0 Å². The number of amides is 1. The van der Waals surface area contributed by atoms with Crippen LogP contribution < -0.4 is 10.0 Å². The average molecular weight is 324 g/mol. The smallest absolute Gasteiger partial charge is 0.254 e. The van der Waals surface area contributed by atoms with E-state index in [1.165, 1.54) is 22.6 Å². The average Bonchev–Trinajstić information content (AvgIpc) is 2.63. The molecule has 1 heterocycles. The molecule has 0 saturated carbocycles. The van der Waals surface area contributed by atoms with Crippen molar-refractivity contribution in [2.45, 2.75) is 6.54 Å². The highest BCUT2D eigenvalue weighted by molar-refractivity contribution is 5.95. The van der Waals surface area contributed by atoms with Crippen molar-refractivity contribution in [3.63, 3.8) is 0 Å². The van der Waals surface area contributed by atoms with E-state index in [4.69, 9.17) is 0 Å². The van der Waals surface area contributed by atoms with Crippen LogP contribution in [-0.4, -0.2) is 43.0 Å². The van der Waals surface area contributed by atoms with Gasteiger partial charge in [0.2, 0.25) is 0 Å². The highest BCUT2D eigenvalue weighted by atomic mass is 16.4. The molecule has 1 aliphatic heterocycles. The van der Waals surface area contributed by atoms with Gasteiger partial charge in [-0.15, -0.1) is 0 Å². The molecular formula is C19H20N2O3. The minimum absolute atomic E-state index is 0.0429. The molecule has 24 heavy (non-hydrogen) atoms. The Hall–Kier alpha value is -2.66. The first-order chi connectivity index (χ1) is 11.6. The number of hydrogen-bond donors (Lipinski definition) is 1. The Labute approximate surface area is 141 Å². The number of piperazine rings is 1. The number of hydrogen-bond acceptors (Lipinski definition) is 3. The third kappa shape index (κ3) is 3.81. The van der Waals surface area contributed by atoms with Gasteiger partial charge in [-0.25, -0.2) is 0 Å². The topological polar surface area (TPSA) is 64.9 Å². The highest BCUT2D eigenvalue weighted by Gasteiger charge is 2.24. The predicted octanol–water partition coefficient (Wildman–Crippen LogP) is -0.409. The molecule has 5 nitrogen and oxygen atoms in total. The number of aromatic carboxylic acids is 1. The Morgan fingerprint density at radius 1 is 0.917 bits per heavy atom. The summed E-state index contributed by atoms with van der Waals surface area (Å²) in [6.45, 7) is 4.23. The van der Waals surface area contributed by atoms with Crippen molar-refractivity contribution in [1.29, 1.82) is 0 Å². The molecular weight excluding hydrogens is 304 g/mol. The maximum atomic E-state index is 12.5. The SMILES string of the molecule is O=C([O-])c1ccc(C(=O)N2CC[NH+](Cc3ccccc3)CC2)cc1. The van der Waals surface area contributed by atoms with Crippen molar-refractivity contribution < 1.29 is 19.6 Å². The van der Waals surface area contributed by atoms with Gasteiger partial charge in [0, 0.05) is 11.1 Å². The molecule has 0 bridgehead atoms. The zero-order chi connectivity index (χ0) is 16.9. The number of carbonyl (C=O) groups is 2. The molecule has 0 radical (unpaired) electrons. The van der Waals surface area contributed by atoms with Crippen molar-refractivity contribution >= 4 is 11.9 Å². The zero-order valence-electron chi connectivity index (χ0n) is 13.4. The standard InChI is InChI=1S/C19H20N2O3/c22-18(16-6-8-17(9-7-16)19(23)24)21-12-10-20(11-13-21)14-15-4-2-1-3-5-15/h1-9H,10-14H2,(H,23,24). The molecule has 124 valence electrons. The van der Waals surface area contributed by atoms with Gasteiger partial charge in [0.25, 0.3) is 5.91 Å². The minimum Gasteiger partial charge on any atom is -0.545 e. The maximum absolute atomic E-state index is 12.5. The number of nitrogens with one attached hydrogen (secondary N) is 1. The Morgan fingerprint density at radius 2 is 1.50 bits per heavy atom. The van der Waals surface area contributed by atoms with Crippen LogP contribution in [-0.2, 0) is 6.54 Å². The van der Waals surface area contributed by atoms with Gasteiger partial charge in [0.1, 0.15) is 6.54 Å². The van der Waals surface area contributed by atoms with E-state index in [-0.39, 0.29) is 11.5 Å². The van der Waals surface area contributed by atoms with Crippen LogP contribution in [0.3, 0.4) is 0 Å². The molecule has 0 aromatic heterocycles. The second-order valence-corrected chi connectivity index (χ2v) is 6.07. The van der Waals surface area contributed by atoms with E-state index in [9.17, 15) is 14.7 Å². The number of benzene rings is 2. The Kier molecular flexibility index (Phi) is 4.91. The Morgan fingerprint density at radius 3 is 2.08 bits per heavy atom. The van der Waals surface area contributed by atoms with E-state index >= 15 is 0 Å². The van der Waals surface area contributed by atoms with Crippen molar-refractivity contribution in [2.75, 3.05) is 26.2 Å². The largest absolute Gasteiger partial charge is 0.545 e. The fourth-order valence-corrected chi connectivity index (χ4v) is 3.02. The Balaban J connectivity index is 1.56. The van der Waals surface area contributed by atoms with E-state index < -0.39 is 5.97 Å². The number of carboxylic acids is 1. The van der Waals surface area contributed by atoms with Gasteiger partial charge in [-0.05, 0) is 17.7 Å². The molecule has 0 atom stereocenters. The number of nitrogens with zero attached hydrogens (tertiary/aromatic N) is 1. The van der Waals surface area contributed by atoms with Crippen LogP contribution in [0.15, 0.2) is 54.6 Å². The monoisotopic (exact) mass is 324 g/mol. The first-order valence-electron chi connectivity index (χ1n) is 8.11. The summed E-state index contributed by atoms with van der Waals surface area (Å²) in [6, 6.07) is 16.3. The molecule has 0 unspecified atom stereocenters. The molecule has 3 rings (SSSR count). The van der Waals surface area contributed by atoms with Crippen LogP contribution in [0.2, 0.25) is 0 Å². The van der Waals surface area contributed by atoms with Gasteiger partial charge >= 0.3 is 0 Å². The molecule has 1 amide bonds. The van der Waals surface area contributed by atoms with Gasteiger partial charge in [-0.3, -0.25) is 4.79 Å². The van der Waals surface area contributed by atoms with E-state index in [0.717, 1.165) is 19.6 Å². The number of rotatable bonds is 4. The van der Waals surface area contributed by atoms with Gasteiger partial charge in [0.05, 0.1) is 32.1 Å². The summed E-state index contributed by atoms with van der Waals surface area (Å²) in [5, 5.41) is 10.8. The predicted molar refractivity (Wildman–Crippen MR) is 87.5 cm³/mol. The molecule has 0 aliphatic carbocycles. The fourth-order valence-electron chi connectivity index (χ4n) is 3.02. The minimum atomic E-state index is -1.23. The van der Waals surface area contributed by atoms with Crippen LogP contribution >= 0.6 is 0 Å². The van der Waals surface area contributed by atoms with Crippen molar-refractivity contribution in [3.8, 4) is 0 Å². The van der Waals surface area contributed by atoms with Gasteiger partial charge in [0.15, 0.2) is 0 Å². The lowest BCUT2D eigenvalue weighted by atomic mass is 10.1. The van der Waals surface area contributed by atoms with E-state index in [1.54, 1.807) is 12.1 Å². The summed E-state index contributed by atoms with van der Waals surface area (Å²) < 4.78 is 0. The first-order valence-corrected chi connectivity index (χ1v) is 8.11. The molecule has 1 N–H and O–H groups in total. The van der Waals surface area contributed by atoms with Crippen LogP contribution in [0.1, 0.15) is 26.3 Å². The van der Waals surface area contributed by atoms with Gasteiger partial charge in [-0.1, -0.05) is 42.5 Å². The summed E-state index contributed by atoms with van der Waals surface area (Å²) in [5.74, 6) is -1.27. The summed E-state index contributed by atoms with van der Waals surface area (Å²) in [5.41, 5.74) is 1.92. The maximum Gasteiger partial charge on any atom is 0.254 e. The summed E-state index contributed by atoms with van der Waals surface area (Å²) in [7, 11) is 0. The fraction of sp³-hybridized carbons (Fsp3) is 0.263. The van der Waals surface area contributed by atoms with E-state index in [0.29, 0.717) is 18.7 Å². The molecule has 0 spiro atoms. The van der Waals surface area contributed by atoms with Crippen molar-refractivity contribution in [2.24, 2.45) is 0 Å². The molecule has 1 saturated heterocycles. The van der Waals surface area contributed by atoms with Crippen LogP contribution in [0.4, 0.5) is 0 Å². The van der Waals surface area contributed by atoms with E-state index in [1.807, 2.05) is 23.1 Å². The number of carboxylic acid groups (broad SMARTS) is 1. The summed E-state index contributed by atoms with van der Waals surface area (Å²) in [4.78, 5) is 26.6. The summed E-state index contributed by atoms with van der Waals surface area (Å²) in [6.07, 6.45) is 0. The van der Waals surface area contributed by atoms with Gasteiger partial charge < -0.3 is 19.7 Å². The molecule has 1 fully saturated rings. The lowest BCUT2D eigenvalue weighted by Crippen LogP contribution is -3.13. The first kappa shape index (κ1) is 16.2. The molecule has 1 aliphatic rings. The van der Waals surface area contributed by atoms with Gasteiger partial charge in [-0.2, -0.15) is 0 Å². The second kappa shape index (κ2) is 7.27. The quantitative estimate of drug-likeness (QED) is 0.832. The molecule has 2 aromatic carbocycles. The molecule has 5 heteroatoms. The normalized spacial score (nSPS) is 15.2. The van der Waals surface area contributed by atoms with Crippen molar-refractivity contribution in [3.05, 3.63) is 71.3 Å². The van der Waals surface area contributed by atoms with Crippen LogP contribution in [0.5, 0.6) is 0 Å². The number of carbonyl (C=O) groups excluding carboxylic acids is 2. The summed E-state index contributed by atoms with van der Waals surface area (Å²) >= 11 is 0. The lowest BCUT2D eigenvalue weighted by molar-refractivity contribution is -0.917. The Bertz CT molecular complexity index is 705. The lowest BCUT2D eigenvalue weighted by Gasteiger charge is -2.32. The van der Waals surface area contributed by atoms with E-state index in [2.05, 4.69) is 12.1 Å². The third-order valence-electron chi connectivity index (χ3n) is 4.42. The second-order valence-electron chi connectivity index (χ2n) is 6.07. The zero-order valence-corrected chi connectivity index (χ0v) is 13.4. The van der Waals surface area contributed by atoms with Crippen molar-refractivity contribution in [1.82, 2.24) is 4.90 Å².